The van der Waals surface area contributed by atoms with Crippen LogP contribution in [0.5, 0.6) is 0 Å². The highest BCUT2D eigenvalue weighted by Gasteiger charge is 2.35. The van der Waals surface area contributed by atoms with Gasteiger partial charge in [0.05, 0.1) is 0 Å². The molecule has 2 heterocycles. The molecule has 0 spiro atoms. The summed E-state index contributed by atoms with van der Waals surface area (Å²) in [4.78, 5) is 2.78. The Morgan fingerprint density at radius 2 is 1.48 bits per heavy atom. The van der Waals surface area contributed by atoms with Crippen molar-refractivity contribution in [1.29, 1.82) is 0 Å². The molecule has 2 aliphatic rings. The van der Waals surface area contributed by atoms with Gasteiger partial charge in [-0.3, -0.25) is 4.90 Å². The van der Waals surface area contributed by atoms with E-state index in [1.165, 1.54) is 55.3 Å². The van der Waals surface area contributed by atoms with E-state index < -0.39 is 0 Å². The lowest BCUT2D eigenvalue weighted by Gasteiger charge is -2.34. The van der Waals surface area contributed by atoms with Gasteiger partial charge in [-0.1, -0.05) is 61.0 Å². The molecule has 0 unspecified atom stereocenters. The maximum absolute atomic E-state index is 2.78. The molecule has 1 nitrogen and oxygen atoms in total. The molecule has 0 saturated carbocycles. The zero-order valence-corrected chi connectivity index (χ0v) is 14.0. The Labute approximate surface area is 140 Å². The van der Waals surface area contributed by atoms with Crippen LogP contribution < -0.4 is 0 Å². The topological polar surface area (TPSA) is 3.24 Å². The smallest absolute Gasteiger partial charge is 0.0351 e. The Kier molecular flexibility index (Phi) is 4.48. The fraction of sp³-hybridized carbons (Fsp3) is 0.455. The fourth-order valence-electron chi connectivity index (χ4n) is 4.46. The maximum Gasteiger partial charge on any atom is 0.0351 e. The van der Waals surface area contributed by atoms with Gasteiger partial charge in [0.2, 0.25) is 0 Å². The predicted molar refractivity (Wildman–Crippen MR) is 96.6 cm³/mol. The first-order valence-electron chi connectivity index (χ1n) is 9.29. The number of piperidine rings is 1. The van der Waals surface area contributed by atoms with Crippen LogP contribution >= 0.6 is 0 Å². The third-order valence-electron chi connectivity index (χ3n) is 5.76. The molecular formula is C22H27N. The monoisotopic (exact) mass is 305 g/mol. The molecule has 0 aliphatic carbocycles. The third-order valence-corrected chi connectivity index (χ3v) is 5.76. The van der Waals surface area contributed by atoms with Crippen molar-refractivity contribution < 1.29 is 0 Å². The predicted octanol–water partition coefficient (Wildman–Crippen LogP) is 5.16. The second-order valence-electron chi connectivity index (χ2n) is 7.21. The summed E-state index contributed by atoms with van der Waals surface area (Å²) in [5.74, 6) is 0. The van der Waals surface area contributed by atoms with E-state index in [-0.39, 0.29) is 0 Å². The minimum Gasteiger partial charge on any atom is -0.293 e. The summed E-state index contributed by atoms with van der Waals surface area (Å²) in [7, 11) is 0. The third kappa shape index (κ3) is 3.35. The van der Waals surface area contributed by atoms with Gasteiger partial charge in [-0.15, -0.1) is 0 Å². The molecule has 0 amide bonds. The zero-order chi connectivity index (χ0) is 15.5. The first-order chi connectivity index (χ1) is 11.4. The van der Waals surface area contributed by atoms with Gasteiger partial charge >= 0.3 is 0 Å². The lowest BCUT2D eigenvalue weighted by Crippen LogP contribution is -2.35. The van der Waals surface area contributed by atoms with Crippen LogP contribution in [0.2, 0.25) is 0 Å². The Balaban J connectivity index is 1.40. The average molecular weight is 305 g/mol. The van der Waals surface area contributed by atoms with Crippen LogP contribution in [0.1, 0.15) is 54.8 Å². The number of aryl methyl sites for hydroxylation is 2. The Morgan fingerprint density at radius 1 is 0.739 bits per heavy atom. The summed E-state index contributed by atoms with van der Waals surface area (Å²) in [5, 5.41) is 0. The van der Waals surface area contributed by atoms with Crippen LogP contribution in [0.15, 0.2) is 54.6 Å². The number of fused-ring (bicyclic) bond motifs is 1. The molecule has 2 saturated heterocycles. The Hall–Kier alpha value is -1.60. The summed E-state index contributed by atoms with van der Waals surface area (Å²) in [6.45, 7) is 1.31. The van der Waals surface area contributed by atoms with E-state index >= 15 is 0 Å². The van der Waals surface area contributed by atoms with Crippen molar-refractivity contribution in [2.45, 2.75) is 57.0 Å². The van der Waals surface area contributed by atoms with Gasteiger partial charge < -0.3 is 0 Å². The molecule has 2 aliphatic heterocycles. The van der Waals surface area contributed by atoms with E-state index in [1.807, 2.05) is 0 Å². The highest BCUT2D eigenvalue weighted by Crippen LogP contribution is 2.40. The second kappa shape index (κ2) is 6.88. The summed E-state index contributed by atoms with van der Waals surface area (Å²) in [5.41, 5.74) is 4.44. The molecule has 0 N–H and O–H groups in total. The molecule has 1 heteroatoms. The van der Waals surface area contributed by atoms with Crippen molar-refractivity contribution in [2.24, 2.45) is 0 Å². The van der Waals surface area contributed by atoms with Gasteiger partial charge in [-0.25, -0.2) is 0 Å². The number of nitrogens with zero attached hydrogens (tertiary/aromatic N) is 1. The Bertz CT molecular complexity index is 616. The molecule has 2 aromatic rings. The van der Waals surface area contributed by atoms with Crippen molar-refractivity contribution in [1.82, 2.24) is 4.90 Å². The van der Waals surface area contributed by atoms with Gasteiger partial charge in [-0.05, 0) is 61.8 Å². The largest absolute Gasteiger partial charge is 0.293 e. The van der Waals surface area contributed by atoms with Gasteiger partial charge in [0.1, 0.15) is 0 Å². The summed E-state index contributed by atoms with van der Waals surface area (Å²) in [6.07, 6.45) is 9.29. The van der Waals surface area contributed by atoms with Gasteiger partial charge in [0.15, 0.2) is 0 Å². The van der Waals surface area contributed by atoms with Crippen LogP contribution in [-0.2, 0) is 12.8 Å². The number of rotatable bonds is 4. The molecule has 4 rings (SSSR count). The number of hydrogen-bond acceptors (Lipinski definition) is 1. The van der Waals surface area contributed by atoms with Crippen LogP contribution in [0.25, 0.3) is 0 Å². The average Bonchev–Trinajstić information content (AvgIpc) is 3.05. The molecule has 2 atom stereocenters. The first kappa shape index (κ1) is 15.0. The SMILES string of the molecule is c1ccc(CCc2ccc([C@@H]3CC[C@H]4CCCCN43)cc2)cc1. The van der Waals surface area contributed by atoms with Crippen molar-refractivity contribution in [3.8, 4) is 0 Å². The normalized spacial score (nSPS) is 24.5. The maximum atomic E-state index is 2.78. The minimum absolute atomic E-state index is 0.684. The Morgan fingerprint density at radius 3 is 2.26 bits per heavy atom. The van der Waals surface area contributed by atoms with Crippen LogP contribution in [0.4, 0.5) is 0 Å². The van der Waals surface area contributed by atoms with Crippen molar-refractivity contribution in [3.63, 3.8) is 0 Å². The fourth-order valence-corrected chi connectivity index (χ4v) is 4.46. The van der Waals surface area contributed by atoms with Crippen molar-refractivity contribution in [2.75, 3.05) is 6.54 Å². The molecule has 0 radical (unpaired) electrons. The summed E-state index contributed by atoms with van der Waals surface area (Å²) >= 11 is 0. The minimum atomic E-state index is 0.684. The molecule has 0 bridgehead atoms. The highest BCUT2D eigenvalue weighted by molar-refractivity contribution is 5.27. The molecule has 23 heavy (non-hydrogen) atoms. The molecular weight excluding hydrogens is 278 g/mol. The summed E-state index contributed by atoms with van der Waals surface area (Å²) in [6, 6.07) is 21.9. The summed E-state index contributed by atoms with van der Waals surface area (Å²) < 4.78 is 0. The van der Waals surface area contributed by atoms with Gasteiger partial charge in [0, 0.05) is 12.1 Å². The van der Waals surface area contributed by atoms with Crippen LogP contribution in [-0.4, -0.2) is 17.5 Å². The van der Waals surface area contributed by atoms with Crippen molar-refractivity contribution in [3.05, 3.63) is 71.3 Å². The van der Waals surface area contributed by atoms with E-state index in [9.17, 15) is 0 Å². The zero-order valence-electron chi connectivity index (χ0n) is 14.0. The molecule has 0 aromatic heterocycles. The van der Waals surface area contributed by atoms with Crippen LogP contribution in [0.3, 0.4) is 0 Å². The van der Waals surface area contributed by atoms with E-state index in [1.54, 1.807) is 0 Å². The molecule has 120 valence electrons. The lowest BCUT2D eigenvalue weighted by molar-refractivity contribution is 0.150. The highest BCUT2D eigenvalue weighted by atomic mass is 15.2. The molecule has 2 aromatic carbocycles. The lowest BCUT2D eigenvalue weighted by atomic mass is 9.99. The second-order valence-corrected chi connectivity index (χ2v) is 7.21. The quantitative estimate of drug-likeness (QED) is 0.754. The van der Waals surface area contributed by atoms with E-state index in [0.717, 1.165) is 18.9 Å². The molecule has 2 fully saturated rings. The van der Waals surface area contributed by atoms with Crippen LogP contribution in [0, 0.1) is 0 Å². The van der Waals surface area contributed by atoms with E-state index in [0.29, 0.717) is 6.04 Å². The van der Waals surface area contributed by atoms with Gasteiger partial charge in [-0.2, -0.15) is 0 Å². The number of hydrogen-bond donors (Lipinski definition) is 0. The first-order valence-corrected chi connectivity index (χ1v) is 9.29. The number of benzene rings is 2. The van der Waals surface area contributed by atoms with Crippen molar-refractivity contribution >= 4 is 0 Å². The van der Waals surface area contributed by atoms with E-state index in [4.69, 9.17) is 0 Å². The van der Waals surface area contributed by atoms with Gasteiger partial charge in [0.25, 0.3) is 0 Å². The standard InChI is InChI=1S/C22H27N/c1-2-6-18(7-3-1)9-10-19-11-13-20(14-12-19)22-16-15-21-8-4-5-17-23(21)22/h1-3,6-7,11-14,21-22H,4-5,8-10,15-17H2/t21-,22+/m1/s1. The van der Waals surface area contributed by atoms with E-state index in [2.05, 4.69) is 59.5 Å².